The van der Waals surface area contributed by atoms with Crippen LogP contribution < -0.4 is 0 Å². The molecule has 1 aliphatic heterocycles. The molecule has 0 unspecified atom stereocenters. The van der Waals surface area contributed by atoms with E-state index < -0.39 is 18.0 Å². The molecule has 0 N–H and O–H groups in total. The lowest BCUT2D eigenvalue weighted by atomic mass is 10.1. The van der Waals surface area contributed by atoms with Crippen LogP contribution in [-0.2, 0) is 30.4 Å². The van der Waals surface area contributed by atoms with Crippen molar-refractivity contribution in [1.82, 2.24) is 0 Å². The molecule has 0 radical (unpaired) electrons. The van der Waals surface area contributed by atoms with E-state index in [0.29, 0.717) is 18.6 Å². The summed E-state index contributed by atoms with van der Waals surface area (Å²) in [5.41, 5.74) is 1.37. The van der Waals surface area contributed by atoms with Crippen molar-refractivity contribution in [2.75, 3.05) is 13.2 Å². The third-order valence-corrected chi connectivity index (χ3v) is 3.04. The SMILES string of the molecule is CCOC(=O)C1=CC[C@@H](C(=O)OCc2ccccc2)OC1. The summed E-state index contributed by atoms with van der Waals surface area (Å²) in [5.74, 6) is -0.813. The number of hydrogen-bond donors (Lipinski definition) is 0. The summed E-state index contributed by atoms with van der Waals surface area (Å²) in [6.45, 7) is 2.35. The van der Waals surface area contributed by atoms with Gasteiger partial charge in [0.1, 0.15) is 6.61 Å². The highest BCUT2D eigenvalue weighted by atomic mass is 16.6. The summed E-state index contributed by atoms with van der Waals surface area (Å²) in [6.07, 6.45) is 1.34. The summed E-state index contributed by atoms with van der Waals surface area (Å²) in [6, 6.07) is 9.43. The average Bonchev–Trinajstić information content (AvgIpc) is 2.54. The van der Waals surface area contributed by atoms with Crippen molar-refractivity contribution in [1.29, 1.82) is 0 Å². The van der Waals surface area contributed by atoms with E-state index in [2.05, 4.69) is 0 Å². The van der Waals surface area contributed by atoms with E-state index in [1.807, 2.05) is 30.3 Å². The van der Waals surface area contributed by atoms with Crippen LogP contribution in [0.3, 0.4) is 0 Å². The van der Waals surface area contributed by atoms with Crippen molar-refractivity contribution in [2.24, 2.45) is 0 Å². The van der Waals surface area contributed by atoms with Gasteiger partial charge < -0.3 is 14.2 Å². The zero-order chi connectivity index (χ0) is 15.1. The lowest BCUT2D eigenvalue weighted by Crippen LogP contribution is -2.31. The number of carbonyl (C=O) groups excluding carboxylic acids is 2. The van der Waals surface area contributed by atoms with Gasteiger partial charge in [0.05, 0.1) is 18.8 Å². The second kappa shape index (κ2) is 7.59. The largest absolute Gasteiger partial charge is 0.463 e. The highest BCUT2D eigenvalue weighted by molar-refractivity contribution is 5.89. The van der Waals surface area contributed by atoms with Crippen LogP contribution in [0.15, 0.2) is 42.0 Å². The van der Waals surface area contributed by atoms with Crippen LogP contribution in [0.2, 0.25) is 0 Å². The van der Waals surface area contributed by atoms with Crippen LogP contribution in [0.25, 0.3) is 0 Å². The molecule has 0 saturated heterocycles. The Balaban J connectivity index is 1.81. The van der Waals surface area contributed by atoms with Crippen molar-refractivity contribution in [3.05, 3.63) is 47.5 Å². The molecule has 0 spiro atoms. The van der Waals surface area contributed by atoms with E-state index in [4.69, 9.17) is 14.2 Å². The van der Waals surface area contributed by atoms with Gasteiger partial charge in [-0.3, -0.25) is 0 Å². The van der Waals surface area contributed by atoms with Crippen LogP contribution in [-0.4, -0.2) is 31.3 Å². The van der Waals surface area contributed by atoms with Crippen molar-refractivity contribution in [3.63, 3.8) is 0 Å². The number of esters is 2. The highest BCUT2D eigenvalue weighted by Gasteiger charge is 2.26. The van der Waals surface area contributed by atoms with E-state index in [1.54, 1.807) is 13.0 Å². The van der Waals surface area contributed by atoms with Crippen LogP contribution in [0.1, 0.15) is 18.9 Å². The van der Waals surface area contributed by atoms with Crippen molar-refractivity contribution < 1.29 is 23.8 Å². The van der Waals surface area contributed by atoms with E-state index in [9.17, 15) is 9.59 Å². The van der Waals surface area contributed by atoms with Crippen LogP contribution in [0.5, 0.6) is 0 Å². The molecule has 0 saturated carbocycles. The minimum atomic E-state index is -0.660. The number of ether oxygens (including phenoxy) is 3. The predicted octanol–water partition coefficient (Wildman–Crippen LogP) is 2.01. The zero-order valence-corrected chi connectivity index (χ0v) is 11.9. The molecule has 112 valence electrons. The van der Waals surface area contributed by atoms with Crippen LogP contribution in [0, 0.1) is 0 Å². The molecule has 0 aromatic heterocycles. The van der Waals surface area contributed by atoms with Crippen molar-refractivity contribution in [2.45, 2.75) is 26.1 Å². The third kappa shape index (κ3) is 4.43. The summed E-state index contributed by atoms with van der Waals surface area (Å²) in [4.78, 5) is 23.4. The number of rotatable bonds is 5. The van der Waals surface area contributed by atoms with Gasteiger partial charge in [0, 0.05) is 6.42 Å². The summed E-state index contributed by atoms with van der Waals surface area (Å²) >= 11 is 0. The zero-order valence-electron chi connectivity index (χ0n) is 11.9. The first-order valence-electron chi connectivity index (χ1n) is 6.89. The second-order valence-electron chi connectivity index (χ2n) is 4.58. The van der Waals surface area contributed by atoms with Crippen LogP contribution >= 0.6 is 0 Å². The van der Waals surface area contributed by atoms with Gasteiger partial charge in [0.15, 0.2) is 6.10 Å². The maximum atomic E-state index is 11.9. The minimum absolute atomic E-state index is 0.0734. The Morgan fingerprint density at radius 2 is 2.00 bits per heavy atom. The molecule has 0 amide bonds. The van der Waals surface area contributed by atoms with Gasteiger partial charge in [-0.05, 0) is 12.5 Å². The molecule has 5 nitrogen and oxygen atoms in total. The molecule has 0 fully saturated rings. The van der Waals surface area contributed by atoms with Gasteiger partial charge in [0.2, 0.25) is 0 Å². The molecule has 1 heterocycles. The van der Waals surface area contributed by atoms with Crippen molar-refractivity contribution >= 4 is 11.9 Å². The molecule has 0 aliphatic carbocycles. The molecular formula is C16H18O5. The standard InChI is InChI=1S/C16H18O5/c1-2-19-15(17)13-8-9-14(20-11-13)16(18)21-10-12-6-4-3-5-7-12/h3-8,14H,2,9-11H2,1H3/t14-/m0/s1. The van der Waals surface area contributed by atoms with Gasteiger partial charge in [-0.25, -0.2) is 9.59 Å². The van der Waals surface area contributed by atoms with E-state index in [-0.39, 0.29) is 13.2 Å². The van der Waals surface area contributed by atoms with Crippen LogP contribution in [0.4, 0.5) is 0 Å². The van der Waals surface area contributed by atoms with Gasteiger partial charge in [-0.2, -0.15) is 0 Å². The smallest absolute Gasteiger partial charge is 0.336 e. The Bertz CT molecular complexity index is 521. The van der Waals surface area contributed by atoms with E-state index in [1.165, 1.54) is 0 Å². The lowest BCUT2D eigenvalue weighted by molar-refractivity contribution is -0.159. The predicted molar refractivity (Wildman–Crippen MR) is 75.3 cm³/mol. The van der Waals surface area contributed by atoms with E-state index in [0.717, 1.165) is 5.56 Å². The molecule has 1 aliphatic rings. The quantitative estimate of drug-likeness (QED) is 0.776. The Hall–Kier alpha value is -2.14. The van der Waals surface area contributed by atoms with Gasteiger partial charge in [0.25, 0.3) is 0 Å². The molecule has 1 aromatic rings. The van der Waals surface area contributed by atoms with Crippen molar-refractivity contribution in [3.8, 4) is 0 Å². The number of hydrogen-bond acceptors (Lipinski definition) is 5. The number of benzene rings is 1. The maximum Gasteiger partial charge on any atom is 0.336 e. The fourth-order valence-corrected chi connectivity index (χ4v) is 1.92. The fourth-order valence-electron chi connectivity index (χ4n) is 1.92. The molecule has 2 rings (SSSR count). The van der Waals surface area contributed by atoms with Gasteiger partial charge in [-0.1, -0.05) is 36.4 Å². The third-order valence-electron chi connectivity index (χ3n) is 3.04. The maximum absolute atomic E-state index is 11.9. The average molecular weight is 290 g/mol. The first kappa shape index (κ1) is 15.3. The highest BCUT2D eigenvalue weighted by Crippen LogP contribution is 2.15. The summed E-state index contributed by atoms with van der Waals surface area (Å²) in [7, 11) is 0. The monoisotopic (exact) mass is 290 g/mol. The Kier molecular flexibility index (Phi) is 5.51. The minimum Gasteiger partial charge on any atom is -0.463 e. The molecule has 0 bridgehead atoms. The Morgan fingerprint density at radius 3 is 2.62 bits per heavy atom. The molecule has 1 aromatic carbocycles. The number of carbonyl (C=O) groups is 2. The molecule has 21 heavy (non-hydrogen) atoms. The Labute approximate surface area is 123 Å². The second-order valence-corrected chi connectivity index (χ2v) is 4.58. The van der Waals surface area contributed by atoms with Gasteiger partial charge >= 0.3 is 11.9 Å². The molecule has 1 atom stereocenters. The first-order chi connectivity index (χ1) is 10.2. The first-order valence-corrected chi connectivity index (χ1v) is 6.89. The molecular weight excluding hydrogens is 272 g/mol. The summed E-state index contributed by atoms with van der Waals surface area (Å²) < 4.78 is 15.4. The fraction of sp³-hybridized carbons (Fsp3) is 0.375. The Morgan fingerprint density at radius 1 is 1.24 bits per heavy atom. The topological polar surface area (TPSA) is 61.8 Å². The van der Waals surface area contributed by atoms with Gasteiger partial charge in [-0.15, -0.1) is 0 Å². The summed E-state index contributed by atoms with van der Waals surface area (Å²) in [5, 5.41) is 0. The normalized spacial score (nSPS) is 17.8. The van der Waals surface area contributed by atoms with E-state index >= 15 is 0 Å². The lowest BCUT2D eigenvalue weighted by Gasteiger charge is -2.20. The molecule has 5 heteroatoms.